The van der Waals surface area contributed by atoms with Crippen LogP contribution in [-0.2, 0) is 28.6 Å². The van der Waals surface area contributed by atoms with E-state index in [2.05, 4.69) is 142 Å². The van der Waals surface area contributed by atoms with Crippen LogP contribution >= 0.6 is 0 Å². The van der Waals surface area contributed by atoms with Crippen molar-refractivity contribution >= 4 is 17.9 Å². The van der Waals surface area contributed by atoms with E-state index in [0.717, 1.165) is 135 Å². The van der Waals surface area contributed by atoms with Gasteiger partial charge in [-0.1, -0.05) is 200 Å². The number of hydrogen-bond acceptors (Lipinski definition) is 6. The third-order valence-corrected chi connectivity index (χ3v) is 10.7. The van der Waals surface area contributed by atoms with Crippen LogP contribution in [0.3, 0.4) is 0 Å². The fraction of sp³-hybridized carbons (Fsp3) is 0.617. The molecular weight excluding hydrogens is 817 g/mol. The second kappa shape index (κ2) is 53.4. The Balaban J connectivity index is 4.47. The molecule has 0 N–H and O–H groups in total. The smallest absolute Gasteiger partial charge is 0.306 e. The summed E-state index contributed by atoms with van der Waals surface area (Å²) in [5.74, 6) is -1.00. The molecule has 0 spiro atoms. The van der Waals surface area contributed by atoms with Crippen molar-refractivity contribution in [3.63, 3.8) is 0 Å². The highest BCUT2D eigenvalue weighted by molar-refractivity contribution is 5.71. The van der Waals surface area contributed by atoms with Gasteiger partial charge >= 0.3 is 17.9 Å². The molecule has 0 aliphatic carbocycles. The topological polar surface area (TPSA) is 78.9 Å². The van der Waals surface area contributed by atoms with Crippen molar-refractivity contribution in [2.75, 3.05) is 13.2 Å². The lowest BCUT2D eigenvalue weighted by Crippen LogP contribution is -2.30. The third kappa shape index (κ3) is 50.8. The largest absolute Gasteiger partial charge is 0.462 e. The third-order valence-electron chi connectivity index (χ3n) is 10.7. The Morgan fingerprint density at radius 1 is 0.318 bits per heavy atom. The monoisotopic (exact) mass is 913 g/mol. The molecule has 0 aromatic rings. The predicted octanol–water partition coefficient (Wildman–Crippen LogP) is 17.7. The molecule has 6 nitrogen and oxygen atoms in total. The summed E-state index contributed by atoms with van der Waals surface area (Å²) in [6, 6.07) is 0. The molecular formula is C60H96O6. The molecule has 0 heterocycles. The Kier molecular flexibility index (Phi) is 50.0. The Labute approximate surface area is 405 Å². The molecule has 0 rings (SSSR count). The average molecular weight is 913 g/mol. The van der Waals surface area contributed by atoms with Crippen LogP contribution in [-0.4, -0.2) is 37.2 Å². The van der Waals surface area contributed by atoms with E-state index >= 15 is 0 Å². The molecule has 0 aliphatic rings. The van der Waals surface area contributed by atoms with Gasteiger partial charge in [-0.3, -0.25) is 14.4 Å². The van der Waals surface area contributed by atoms with Crippen molar-refractivity contribution in [2.45, 2.75) is 226 Å². The van der Waals surface area contributed by atoms with E-state index in [0.29, 0.717) is 19.3 Å². The Hall–Kier alpha value is -4.19. The molecule has 0 amide bonds. The molecule has 0 saturated heterocycles. The van der Waals surface area contributed by atoms with E-state index in [1.165, 1.54) is 38.5 Å². The zero-order chi connectivity index (χ0) is 47.9. The van der Waals surface area contributed by atoms with Crippen molar-refractivity contribution in [1.82, 2.24) is 0 Å². The standard InChI is InChI=1S/C60H96O6/c1-4-7-10-13-16-19-22-24-26-27-28-29-30-31-32-33-35-36-38-41-44-47-50-53-59(62)65-56-57(55-64-58(61)52-49-46-43-40-21-18-15-12-9-6-3)66-60(63)54-51-48-45-42-39-37-34-25-23-20-17-14-11-8-5-2/h7,10,12,15-17,19-20,24-26,28-29,31-32,34-36,41,44,57H,4-6,8-9,11,13-14,18,21-23,27,30,33,37-40,42-43,45-56H2,1-3H3/b10-7-,15-12-,19-16-,20-17-,26-24-,29-28-,32-31-,34-25-,36-35-,44-41-. The normalized spacial score (nSPS) is 13.1. The van der Waals surface area contributed by atoms with Crippen molar-refractivity contribution in [3.8, 4) is 0 Å². The maximum atomic E-state index is 12.8. The Bertz CT molecular complexity index is 1420. The number of allylic oxidation sites excluding steroid dienone is 20. The summed E-state index contributed by atoms with van der Waals surface area (Å²) in [4.78, 5) is 37.9. The van der Waals surface area contributed by atoms with Crippen LogP contribution in [0.1, 0.15) is 220 Å². The average Bonchev–Trinajstić information content (AvgIpc) is 3.31. The van der Waals surface area contributed by atoms with Crippen LogP contribution in [0.4, 0.5) is 0 Å². The number of carbonyl (C=O) groups is 3. The van der Waals surface area contributed by atoms with Gasteiger partial charge in [0.15, 0.2) is 6.10 Å². The summed E-state index contributed by atoms with van der Waals surface area (Å²) < 4.78 is 16.7. The van der Waals surface area contributed by atoms with Crippen LogP contribution in [0.2, 0.25) is 0 Å². The van der Waals surface area contributed by atoms with E-state index in [1.54, 1.807) is 0 Å². The maximum absolute atomic E-state index is 12.8. The van der Waals surface area contributed by atoms with Gasteiger partial charge in [0, 0.05) is 19.3 Å². The minimum atomic E-state index is -0.814. The fourth-order valence-electron chi connectivity index (χ4n) is 6.70. The summed E-state index contributed by atoms with van der Waals surface area (Å²) >= 11 is 0. The van der Waals surface area contributed by atoms with Gasteiger partial charge < -0.3 is 14.2 Å². The number of ether oxygens (including phenoxy) is 3. The first-order valence-corrected chi connectivity index (χ1v) is 26.5. The second-order valence-electron chi connectivity index (χ2n) is 17.0. The zero-order valence-electron chi connectivity index (χ0n) is 42.4. The van der Waals surface area contributed by atoms with Gasteiger partial charge in [0.05, 0.1) is 0 Å². The fourth-order valence-corrected chi connectivity index (χ4v) is 6.70. The van der Waals surface area contributed by atoms with Crippen LogP contribution in [0, 0.1) is 0 Å². The van der Waals surface area contributed by atoms with Gasteiger partial charge in [-0.15, -0.1) is 0 Å². The maximum Gasteiger partial charge on any atom is 0.306 e. The summed E-state index contributed by atoms with van der Waals surface area (Å²) in [5.41, 5.74) is 0. The molecule has 0 radical (unpaired) electrons. The van der Waals surface area contributed by atoms with Gasteiger partial charge in [0.2, 0.25) is 0 Å². The van der Waals surface area contributed by atoms with Crippen molar-refractivity contribution in [1.29, 1.82) is 0 Å². The number of unbranched alkanes of at least 4 members (excludes halogenated alkanes) is 15. The molecule has 0 fully saturated rings. The van der Waals surface area contributed by atoms with Gasteiger partial charge in [0.25, 0.3) is 0 Å². The van der Waals surface area contributed by atoms with E-state index in [1.807, 2.05) is 0 Å². The van der Waals surface area contributed by atoms with Crippen molar-refractivity contribution in [2.24, 2.45) is 0 Å². The first kappa shape index (κ1) is 61.8. The summed E-state index contributed by atoms with van der Waals surface area (Å²) in [7, 11) is 0. The molecule has 372 valence electrons. The van der Waals surface area contributed by atoms with Crippen LogP contribution in [0.5, 0.6) is 0 Å². The summed E-state index contributed by atoms with van der Waals surface area (Å²) in [5, 5.41) is 0. The summed E-state index contributed by atoms with van der Waals surface area (Å²) in [6.07, 6.45) is 73.3. The summed E-state index contributed by atoms with van der Waals surface area (Å²) in [6.45, 7) is 6.35. The molecule has 0 aromatic carbocycles. The first-order chi connectivity index (χ1) is 32.5. The molecule has 66 heavy (non-hydrogen) atoms. The predicted molar refractivity (Wildman–Crippen MR) is 283 cm³/mol. The number of hydrogen-bond donors (Lipinski definition) is 0. The first-order valence-electron chi connectivity index (χ1n) is 26.5. The second-order valence-corrected chi connectivity index (χ2v) is 17.0. The quantitative estimate of drug-likeness (QED) is 0.0262. The lowest BCUT2D eigenvalue weighted by Gasteiger charge is -2.18. The highest BCUT2D eigenvalue weighted by atomic mass is 16.6. The molecule has 1 atom stereocenters. The highest BCUT2D eigenvalue weighted by Gasteiger charge is 2.19. The van der Waals surface area contributed by atoms with Crippen molar-refractivity contribution in [3.05, 3.63) is 122 Å². The molecule has 6 heteroatoms. The van der Waals surface area contributed by atoms with Gasteiger partial charge in [-0.05, 0) is 122 Å². The van der Waals surface area contributed by atoms with E-state index in [9.17, 15) is 14.4 Å². The van der Waals surface area contributed by atoms with E-state index < -0.39 is 6.10 Å². The van der Waals surface area contributed by atoms with Gasteiger partial charge in [0.1, 0.15) is 13.2 Å². The lowest BCUT2D eigenvalue weighted by molar-refractivity contribution is -0.167. The highest BCUT2D eigenvalue weighted by Crippen LogP contribution is 2.12. The van der Waals surface area contributed by atoms with Crippen LogP contribution in [0.15, 0.2) is 122 Å². The minimum Gasteiger partial charge on any atom is -0.462 e. The van der Waals surface area contributed by atoms with E-state index in [4.69, 9.17) is 14.2 Å². The van der Waals surface area contributed by atoms with Crippen LogP contribution in [0.25, 0.3) is 0 Å². The molecule has 0 aliphatic heterocycles. The number of rotatable bonds is 46. The Morgan fingerprint density at radius 3 is 1.06 bits per heavy atom. The molecule has 0 bridgehead atoms. The minimum absolute atomic E-state index is 0.110. The number of esters is 3. The Morgan fingerprint density at radius 2 is 0.636 bits per heavy atom. The van der Waals surface area contributed by atoms with Crippen LogP contribution < -0.4 is 0 Å². The van der Waals surface area contributed by atoms with Gasteiger partial charge in [-0.2, -0.15) is 0 Å². The number of carbonyl (C=O) groups excluding carboxylic acids is 3. The lowest BCUT2D eigenvalue weighted by atomic mass is 10.1. The SMILES string of the molecule is CC/C=C\C/C=C\C/C=C\C/C=C\C/C=C\C/C=C\C/C=C\CCCC(=O)OCC(COC(=O)CCCCCCC/C=C\CCC)OC(=O)CCCCCCC/C=C\C/C=C\CCCCC. The van der Waals surface area contributed by atoms with E-state index in [-0.39, 0.29) is 37.5 Å². The zero-order valence-corrected chi connectivity index (χ0v) is 42.4. The van der Waals surface area contributed by atoms with Gasteiger partial charge in [-0.25, -0.2) is 0 Å². The molecule has 0 saturated carbocycles. The molecule has 0 aromatic heterocycles. The molecule has 1 unspecified atom stereocenters. The van der Waals surface area contributed by atoms with Crippen molar-refractivity contribution < 1.29 is 28.6 Å².